The Morgan fingerprint density at radius 2 is 1.73 bits per heavy atom. The molecule has 11 heavy (non-hydrogen) atoms. The zero-order valence-corrected chi connectivity index (χ0v) is 12.7. The highest BCUT2D eigenvalue weighted by atomic mass is 80.0. The van der Waals surface area contributed by atoms with E-state index < -0.39 is 0 Å². The number of rotatable bonds is 1. The number of hydrogen-bond donors (Lipinski definition) is 0. The summed E-state index contributed by atoms with van der Waals surface area (Å²) in [5.74, 6) is 0.751. The molecular formula is C7H10Br4. The third kappa shape index (κ3) is 2.68. The van der Waals surface area contributed by atoms with E-state index in [1.165, 1.54) is 6.42 Å². The molecule has 0 heterocycles. The molecule has 0 radical (unpaired) electrons. The van der Waals surface area contributed by atoms with Gasteiger partial charge in [0.2, 0.25) is 0 Å². The molecule has 1 rings (SSSR count). The van der Waals surface area contributed by atoms with Gasteiger partial charge < -0.3 is 0 Å². The molecule has 66 valence electrons. The average Bonchev–Trinajstić information content (AvgIpc) is 2.36. The van der Waals surface area contributed by atoms with Crippen LogP contribution in [0.3, 0.4) is 0 Å². The summed E-state index contributed by atoms with van der Waals surface area (Å²) in [7, 11) is 0. The van der Waals surface area contributed by atoms with Gasteiger partial charge in [-0.15, -0.1) is 0 Å². The molecule has 0 aromatic carbocycles. The minimum absolute atomic E-state index is 0.147. The lowest BCUT2D eigenvalue weighted by molar-refractivity contribution is 0.556. The van der Waals surface area contributed by atoms with Crippen molar-refractivity contribution in [2.45, 2.75) is 27.2 Å². The highest BCUT2D eigenvalue weighted by Gasteiger charge is 2.53. The van der Waals surface area contributed by atoms with Crippen LogP contribution in [0.1, 0.15) is 20.3 Å². The SMILES string of the molecule is CC1(C)C[C@@H]1[C@@H](Br)C(Br)(Br)Br. The Balaban J connectivity index is 2.52. The van der Waals surface area contributed by atoms with E-state index in [1.54, 1.807) is 0 Å². The molecule has 0 spiro atoms. The molecule has 0 N–H and O–H groups in total. The van der Waals surface area contributed by atoms with Gasteiger partial charge in [-0.25, -0.2) is 0 Å². The fourth-order valence-electron chi connectivity index (χ4n) is 1.24. The van der Waals surface area contributed by atoms with Crippen molar-refractivity contribution in [3.8, 4) is 0 Å². The van der Waals surface area contributed by atoms with Crippen molar-refractivity contribution < 1.29 is 0 Å². The van der Waals surface area contributed by atoms with E-state index >= 15 is 0 Å². The fourth-order valence-corrected chi connectivity index (χ4v) is 3.10. The number of halogens is 4. The summed E-state index contributed by atoms with van der Waals surface area (Å²) in [6.45, 7) is 4.59. The van der Waals surface area contributed by atoms with Crippen molar-refractivity contribution in [3.63, 3.8) is 0 Å². The third-order valence-electron chi connectivity index (χ3n) is 2.26. The van der Waals surface area contributed by atoms with Gasteiger partial charge in [-0.2, -0.15) is 0 Å². The zero-order valence-electron chi connectivity index (χ0n) is 6.37. The van der Waals surface area contributed by atoms with Crippen LogP contribution < -0.4 is 0 Å². The Bertz CT molecular complexity index is 158. The minimum atomic E-state index is -0.147. The summed E-state index contributed by atoms with van der Waals surface area (Å²) in [4.78, 5) is 0.435. The van der Waals surface area contributed by atoms with Crippen LogP contribution in [0, 0.1) is 11.3 Å². The molecule has 1 aliphatic carbocycles. The monoisotopic (exact) mass is 410 g/mol. The summed E-state index contributed by atoms with van der Waals surface area (Å²) >= 11 is 14.2. The van der Waals surface area contributed by atoms with Gasteiger partial charge in [0.1, 0.15) is 2.14 Å². The van der Waals surface area contributed by atoms with Crippen LogP contribution in [0.5, 0.6) is 0 Å². The molecule has 0 aliphatic heterocycles. The average molecular weight is 414 g/mol. The van der Waals surface area contributed by atoms with Gasteiger partial charge in [0, 0.05) is 0 Å². The van der Waals surface area contributed by atoms with Crippen molar-refractivity contribution in [3.05, 3.63) is 0 Å². The summed E-state index contributed by atoms with van der Waals surface area (Å²) < 4.78 is -0.147. The van der Waals surface area contributed by atoms with E-state index in [-0.39, 0.29) is 2.14 Å². The second kappa shape index (κ2) is 3.25. The van der Waals surface area contributed by atoms with Gasteiger partial charge in [0.15, 0.2) is 0 Å². The van der Waals surface area contributed by atoms with Gasteiger partial charge in [-0.1, -0.05) is 77.6 Å². The first-order chi connectivity index (χ1) is 4.75. The zero-order chi connectivity index (χ0) is 8.86. The molecule has 0 unspecified atom stereocenters. The van der Waals surface area contributed by atoms with E-state index in [4.69, 9.17) is 0 Å². The van der Waals surface area contributed by atoms with Crippen LogP contribution in [0.15, 0.2) is 0 Å². The van der Waals surface area contributed by atoms with Crippen molar-refractivity contribution >= 4 is 63.7 Å². The summed E-state index contributed by atoms with van der Waals surface area (Å²) in [5.41, 5.74) is 0.509. The molecule has 0 aromatic rings. The maximum Gasteiger partial charge on any atom is 0.147 e. The molecule has 1 saturated carbocycles. The maximum atomic E-state index is 3.66. The molecular weight excluding hydrogens is 404 g/mol. The van der Waals surface area contributed by atoms with Crippen molar-refractivity contribution in [2.75, 3.05) is 0 Å². The first-order valence-electron chi connectivity index (χ1n) is 3.46. The Kier molecular flexibility index (Phi) is 3.25. The summed E-state index contributed by atoms with van der Waals surface area (Å²) in [6.07, 6.45) is 1.30. The molecule has 2 atom stereocenters. The highest BCUT2D eigenvalue weighted by molar-refractivity contribution is 9.40. The van der Waals surface area contributed by atoms with Crippen LogP contribution in [0.2, 0.25) is 0 Å². The van der Waals surface area contributed by atoms with Crippen LogP contribution >= 0.6 is 63.7 Å². The molecule has 0 amide bonds. The second-order valence-corrected chi connectivity index (χ2v) is 11.7. The Labute approximate surface area is 101 Å². The quantitative estimate of drug-likeness (QED) is 0.550. The number of alkyl halides is 4. The smallest absolute Gasteiger partial charge is 0.0853 e. The maximum absolute atomic E-state index is 3.66. The Morgan fingerprint density at radius 3 is 1.82 bits per heavy atom. The second-order valence-electron chi connectivity index (χ2n) is 3.74. The van der Waals surface area contributed by atoms with Crippen LogP contribution in [-0.2, 0) is 0 Å². The molecule has 0 nitrogen and oxygen atoms in total. The van der Waals surface area contributed by atoms with Crippen molar-refractivity contribution in [1.82, 2.24) is 0 Å². The van der Waals surface area contributed by atoms with Gasteiger partial charge in [-0.05, 0) is 17.8 Å². The standard InChI is InChI=1S/C7H10Br4/c1-6(2)3-4(6)5(8)7(9,10)11/h4-5H,3H2,1-2H3/t4-,5-/m1/s1. The lowest BCUT2D eigenvalue weighted by Crippen LogP contribution is -2.21. The lowest BCUT2D eigenvalue weighted by atomic mass is 10.1. The van der Waals surface area contributed by atoms with Crippen molar-refractivity contribution in [2.24, 2.45) is 11.3 Å². The molecule has 4 heteroatoms. The first kappa shape index (κ1) is 11.0. The molecule has 0 bridgehead atoms. The van der Waals surface area contributed by atoms with E-state index in [0.29, 0.717) is 10.2 Å². The van der Waals surface area contributed by atoms with Crippen LogP contribution in [-0.4, -0.2) is 6.97 Å². The predicted octanol–water partition coefficient (Wildman–Crippen LogP) is 4.63. The van der Waals surface area contributed by atoms with Gasteiger partial charge >= 0.3 is 0 Å². The van der Waals surface area contributed by atoms with E-state index in [0.717, 1.165) is 5.92 Å². The van der Waals surface area contributed by atoms with Crippen molar-refractivity contribution in [1.29, 1.82) is 0 Å². The molecule has 0 aromatic heterocycles. The van der Waals surface area contributed by atoms with E-state index in [2.05, 4.69) is 77.6 Å². The minimum Gasteiger partial charge on any atom is -0.0853 e. The normalized spacial score (nSPS) is 31.6. The Morgan fingerprint density at radius 1 is 1.36 bits per heavy atom. The fraction of sp³-hybridized carbons (Fsp3) is 1.00. The Hall–Kier alpha value is 1.92. The van der Waals surface area contributed by atoms with Crippen LogP contribution in [0.4, 0.5) is 0 Å². The van der Waals surface area contributed by atoms with Gasteiger partial charge in [0.25, 0.3) is 0 Å². The number of hydrogen-bond acceptors (Lipinski definition) is 0. The van der Waals surface area contributed by atoms with E-state index in [1.807, 2.05) is 0 Å². The highest BCUT2D eigenvalue weighted by Crippen LogP contribution is 2.61. The topological polar surface area (TPSA) is 0 Å². The predicted molar refractivity (Wildman–Crippen MR) is 64.1 cm³/mol. The largest absolute Gasteiger partial charge is 0.147 e. The van der Waals surface area contributed by atoms with Gasteiger partial charge in [-0.3, -0.25) is 0 Å². The van der Waals surface area contributed by atoms with Gasteiger partial charge in [0.05, 0.1) is 4.83 Å². The molecule has 1 fully saturated rings. The third-order valence-corrected chi connectivity index (χ3v) is 6.90. The summed E-state index contributed by atoms with van der Waals surface area (Å²) in [5, 5.41) is 0. The van der Waals surface area contributed by atoms with E-state index in [9.17, 15) is 0 Å². The lowest BCUT2D eigenvalue weighted by Gasteiger charge is -2.20. The summed E-state index contributed by atoms with van der Waals surface area (Å²) in [6, 6.07) is 0. The molecule has 0 saturated heterocycles. The molecule has 1 aliphatic rings. The first-order valence-corrected chi connectivity index (χ1v) is 6.75. The van der Waals surface area contributed by atoms with Crippen LogP contribution in [0.25, 0.3) is 0 Å².